The molecule has 1 heterocycles. The molecule has 4 atom stereocenters. The van der Waals surface area contributed by atoms with Crippen LogP contribution in [-0.2, 0) is 30.4 Å². The molecule has 1 saturated heterocycles. The Morgan fingerprint density at radius 2 is 1.75 bits per heavy atom. The maximum atomic E-state index is 13.1. The summed E-state index contributed by atoms with van der Waals surface area (Å²) >= 11 is 0. The number of hydrogen-bond donors (Lipinski definition) is 6. The molecule has 36 heavy (non-hydrogen) atoms. The Balaban J connectivity index is 2.06. The minimum absolute atomic E-state index is 0.0196. The fourth-order valence-corrected chi connectivity index (χ4v) is 4.05. The third-order valence-electron chi connectivity index (χ3n) is 6.10. The molecular weight excluding hydrogens is 470 g/mol. The minimum Gasteiger partial charge on any atom is -0.508 e. The molecule has 0 bridgehead atoms. The Kier molecular flexibility index (Phi) is 10.2. The number of benzene rings is 1. The molecule has 2 rings (SSSR count). The number of likely N-dealkylation sites (tertiary alicyclic amines) is 1. The van der Waals surface area contributed by atoms with Gasteiger partial charge in [0.15, 0.2) is 0 Å². The van der Waals surface area contributed by atoms with Gasteiger partial charge in [-0.1, -0.05) is 26.0 Å². The Morgan fingerprint density at radius 1 is 1.11 bits per heavy atom. The molecule has 0 aliphatic carbocycles. The number of aliphatic carboxylic acids is 1. The summed E-state index contributed by atoms with van der Waals surface area (Å²) in [6, 6.07) is 1.83. The number of nitrogens with zero attached hydrogens (tertiary/aromatic N) is 1. The number of rotatable bonds is 12. The number of hydrogen-bond acceptors (Lipinski definition) is 7. The highest BCUT2D eigenvalue weighted by molar-refractivity contribution is 5.94. The quantitative estimate of drug-likeness (QED) is 0.212. The third-order valence-corrected chi connectivity index (χ3v) is 6.10. The zero-order valence-electron chi connectivity index (χ0n) is 20.5. The van der Waals surface area contributed by atoms with E-state index in [9.17, 15) is 34.2 Å². The summed E-state index contributed by atoms with van der Waals surface area (Å²) in [5.41, 5.74) is 11.6. The lowest BCUT2D eigenvalue weighted by Gasteiger charge is -2.29. The van der Waals surface area contributed by atoms with Gasteiger partial charge in [0.1, 0.15) is 23.9 Å². The van der Waals surface area contributed by atoms with Crippen LogP contribution in [0.2, 0.25) is 0 Å². The molecule has 1 aromatic rings. The van der Waals surface area contributed by atoms with E-state index in [0.717, 1.165) is 0 Å². The molecule has 4 unspecified atom stereocenters. The topological polar surface area (TPSA) is 205 Å². The summed E-state index contributed by atoms with van der Waals surface area (Å²) in [6.45, 7) is 3.72. The van der Waals surface area contributed by atoms with Gasteiger partial charge in [-0.3, -0.25) is 19.2 Å². The lowest BCUT2D eigenvalue weighted by atomic mass is 10.0. The number of carboxylic acid groups (broad SMARTS) is 1. The van der Waals surface area contributed by atoms with E-state index in [0.29, 0.717) is 24.9 Å². The number of aromatic hydroxyl groups is 1. The van der Waals surface area contributed by atoms with Crippen molar-refractivity contribution in [2.45, 2.75) is 70.1 Å². The van der Waals surface area contributed by atoms with Gasteiger partial charge in [0.25, 0.3) is 0 Å². The number of carboxylic acids is 1. The maximum absolute atomic E-state index is 13.1. The van der Waals surface area contributed by atoms with Crippen LogP contribution in [0.15, 0.2) is 24.3 Å². The summed E-state index contributed by atoms with van der Waals surface area (Å²) < 4.78 is 0. The van der Waals surface area contributed by atoms with Gasteiger partial charge in [-0.05, 0) is 42.9 Å². The second-order valence-corrected chi connectivity index (χ2v) is 9.30. The summed E-state index contributed by atoms with van der Waals surface area (Å²) in [5, 5.41) is 24.1. The van der Waals surface area contributed by atoms with Crippen LogP contribution in [0.1, 0.15) is 45.1 Å². The average Bonchev–Trinajstić information content (AvgIpc) is 3.30. The summed E-state index contributed by atoms with van der Waals surface area (Å²) in [4.78, 5) is 62.9. The predicted molar refractivity (Wildman–Crippen MR) is 129 cm³/mol. The zero-order valence-corrected chi connectivity index (χ0v) is 20.5. The van der Waals surface area contributed by atoms with Crippen molar-refractivity contribution in [3.63, 3.8) is 0 Å². The molecule has 1 fully saturated rings. The van der Waals surface area contributed by atoms with Gasteiger partial charge in [0.2, 0.25) is 23.6 Å². The molecule has 1 aliphatic rings. The molecule has 4 amide bonds. The molecule has 8 N–H and O–H groups in total. The van der Waals surface area contributed by atoms with Crippen molar-refractivity contribution < 1.29 is 34.2 Å². The van der Waals surface area contributed by atoms with E-state index in [2.05, 4.69) is 10.6 Å². The van der Waals surface area contributed by atoms with Gasteiger partial charge in [-0.2, -0.15) is 0 Å². The smallest absolute Gasteiger partial charge is 0.326 e. The highest BCUT2D eigenvalue weighted by Crippen LogP contribution is 2.20. The average molecular weight is 506 g/mol. The largest absolute Gasteiger partial charge is 0.508 e. The third kappa shape index (κ3) is 7.94. The van der Waals surface area contributed by atoms with E-state index in [1.165, 1.54) is 17.0 Å². The summed E-state index contributed by atoms with van der Waals surface area (Å²) in [6.07, 6.45) is 0.938. The van der Waals surface area contributed by atoms with E-state index in [1.807, 2.05) is 0 Å². The van der Waals surface area contributed by atoms with E-state index >= 15 is 0 Å². The lowest BCUT2D eigenvalue weighted by molar-refractivity contribution is -0.143. The van der Waals surface area contributed by atoms with Gasteiger partial charge in [-0.25, -0.2) is 4.79 Å². The molecule has 0 radical (unpaired) electrons. The fraction of sp³-hybridized carbons (Fsp3) is 0.542. The first-order chi connectivity index (χ1) is 16.9. The van der Waals surface area contributed by atoms with Crippen LogP contribution in [0.25, 0.3) is 0 Å². The van der Waals surface area contributed by atoms with Crippen LogP contribution in [0.5, 0.6) is 5.75 Å². The molecule has 0 saturated carbocycles. The van der Waals surface area contributed by atoms with Crippen molar-refractivity contribution in [3.8, 4) is 5.75 Å². The SMILES string of the molecule is CC(C)C(NC(=O)C1CCCN1C(=O)C(N)CCC(N)=O)C(=O)NC(Cc1ccc(O)cc1)C(=O)O. The monoisotopic (exact) mass is 505 g/mol. The van der Waals surface area contributed by atoms with E-state index in [1.54, 1.807) is 26.0 Å². The second kappa shape index (κ2) is 12.9. The fourth-order valence-electron chi connectivity index (χ4n) is 4.05. The van der Waals surface area contributed by atoms with Crippen LogP contribution in [-0.4, -0.2) is 75.4 Å². The molecule has 0 aromatic heterocycles. The predicted octanol–water partition coefficient (Wildman–Crippen LogP) is -0.771. The molecule has 12 nitrogen and oxygen atoms in total. The number of carbonyl (C=O) groups excluding carboxylic acids is 4. The maximum Gasteiger partial charge on any atom is 0.326 e. The number of phenolic OH excluding ortho intramolecular Hbond substituents is 1. The first kappa shape index (κ1) is 28.6. The molecular formula is C24H35N5O7. The summed E-state index contributed by atoms with van der Waals surface area (Å²) in [7, 11) is 0. The molecule has 1 aromatic carbocycles. The normalized spacial score (nSPS) is 17.8. The molecule has 12 heteroatoms. The van der Waals surface area contributed by atoms with Gasteiger partial charge < -0.3 is 37.2 Å². The number of phenols is 1. The van der Waals surface area contributed by atoms with Crippen LogP contribution < -0.4 is 22.1 Å². The van der Waals surface area contributed by atoms with Crippen molar-refractivity contribution in [2.24, 2.45) is 17.4 Å². The summed E-state index contributed by atoms with van der Waals surface area (Å²) in [5.74, 6) is -3.85. The highest BCUT2D eigenvalue weighted by Gasteiger charge is 2.38. The Hall–Kier alpha value is -3.67. The number of carbonyl (C=O) groups is 5. The van der Waals surface area contributed by atoms with Gasteiger partial charge in [0.05, 0.1) is 6.04 Å². The van der Waals surface area contributed by atoms with E-state index in [-0.39, 0.29) is 30.9 Å². The van der Waals surface area contributed by atoms with Crippen LogP contribution in [0.3, 0.4) is 0 Å². The van der Waals surface area contributed by atoms with Crippen LogP contribution in [0.4, 0.5) is 0 Å². The standard InChI is InChI=1S/C24H35N5O7/c1-13(2)20(22(33)27-17(24(35)36)12-14-5-7-15(30)8-6-14)28-21(32)18-4-3-11-29(18)23(34)16(25)9-10-19(26)31/h5-8,13,16-18,20,30H,3-4,9-12,25H2,1-2H3,(H2,26,31)(H,27,33)(H,28,32)(H,35,36). The number of amides is 4. The lowest BCUT2D eigenvalue weighted by Crippen LogP contribution is -2.58. The molecule has 198 valence electrons. The Bertz CT molecular complexity index is 966. The van der Waals surface area contributed by atoms with Crippen LogP contribution in [0, 0.1) is 5.92 Å². The number of nitrogens with two attached hydrogens (primary N) is 2. The highest BCUT2D eigenvalue weighted by atomic mass is 16.4. The molecule has 0 spiro atoms. The van der Waals surface area contributed by atoms with Gasteiger partial charge in [0, 0.05) is 19.4 Å². The number of primary amides is 1. The first-order valence-corrected chi connectivity index (χ1v) is 11.9. The van der Waals surface area contributed by atoms with Gasteiger partial charge >= 0.3 is 5.97 Å². The Morgan fingerprint density at radius 3 is 2.31 bits per heavy atom. The van der Waals surface area contributed by atoms with E-state index < -0.39 is 53.8 Å². The first-order valence-electron chi connectivity index (χ1n) is 11.9. The van der Waals surface area contributed by atoms with Crippen LogP contribution >= 0.6 is 0 Å². The zero-order chi connectivity index (χ0) is 27.0. The van der Waals surface area contributed by atoms with Crippen molar-refractivity contribution in [1.82, 2.24) is 15.5 Å². The second-order valence-electron chi connectivity index (χ2n) is 9.30. The molecule has 1 aliphatic heterocycles. The minimum atomic E-state index is -1.26. The van der Waals surface area contributed by atoms with Gasteiger partial charge in [-0.15, -0.1) is 0 Å². The Labute approximate surface area is 209 Å². The number of nitrogens with one attached hydrogen (secondary N) is 2. The van der Waals surface area contributed by atoms with Crippen molar-refractivity contribution in [3.05, 3.63) is 29.8 Å². The van der Waals surface area contributed by atoms with Crippen molar-refractivity contribution >= 4 is 29.6 Å². The van der Waals surface area contributed by atoms with E-state index in [4.69, 9.17) is 11.5 Å². The van der Waals surface area contributed by atoms with Crippen molar-refractivity contribution in [1.29, 1.82) is 0 Å². The van der Waals surface area contributed by atoms with Crippen molar-refractivity contribution in [2.75, 3.05) is 6.54 Å².